The summed E-state index contributed by atoms with van der Waals surface area (Å²) in [7, 11) is 0. The van der Waals surface area contributed by atoms with Gasteiger partial charge in [0.2, 0.25) is 11.8 Å². The number of benzene rings is 2. The first-order valence-electron chi connectivity index (χ1n) is 11.7. The molecule has 1 aromatic heterocycles. The van der Waals surface area contributed by atoms with E-state index in [0.717, 1.165) is 11.3 Å². The molecule has 182 valence electrons. The van der Waals surface area contributed by atoms with Crippen LogP contribution in [0.5, 0.6) is 17.4 Å². The van der Waals surface area contributed by atoms with Crippen LogP contribution in [0.3, 0.4) is 0 Å². The standard InChI is InChI=1S/C27H28FN3O4/c1-2-34-23-7-9-24(10-8-23)35-25-17-19(11-14-29-25)18-30-26(32)20-12-15-31(16-13-20)27(33)21-3-5-22(28)6-4-21/h3-11,14,17,20H,2,12-13,15-16,18H2,1H3,(H,30,32). The van der Waals surface area contributed by atoms with Crippen molar-refractivity contribution in [3.05, 3.63) is 83.8 Å². The zero-order chi connectivity index (χ0) is 24.6. The summed E-state index contributed by atoms with van der Waals surface area (Å²) < 4.78 is 24.3. The Hall–Kier alpha value is -3.94. The topological polar surface area (TPSA) is 80.8 Å². The summed E-state index contributed by atoms with van der Waals surface area (Å²) in [6, 6.07) is 16.4. The van der Waals surface area contributed by atoms with Crippen LogP contribution in [-0.2, 0) is 11.3 Å². The maximum Gasteiger partial charge on any atom is 0.253 e. The SMILES string of the molecule is CCOc1ccc(Oc2cc(CNC(=O)C3CCN(C(=O)c4ccc(F)cc4)CC3)ccn2)cc1. The second-order valence-corrected chi connectivity index (χ2v) is 8.30. The highest BCUT2D eigenvalue weighted by Gasteiger charge is 2.27. The number of hydrogen-bond donors (Lipinski definition) is 1. The first kappa shape index (κ1) is 24.2. The molecule has 2 heterocycles. The number of rotatable bonds is 8. The van der Waals surface area contributed by atoms with Crippen LogP contribution >= 0.6 is 0 Å². The third-order valence-corrected chi connectivity index (χ3v) is 5.87. The highest BCUT2D eigenvalue weighted by molar-refractivity contribution is 5.94. The number of nitrogens with zero attached hydrogens (tertiary/aromatic N) is 2. The molecule has 3 aromatic rings. The molecule has 0 saturated carbocycles. The molecular formula is C27H28FN3O4. The number of nitrogens with one attached hydrogen (secondary N) is 1. The Morgan fingerprint density at radius 2 is 1.71 bits per heavy atom. The lowest BCUT2D eigenvalue weighted by molar-refractivity contribution is -0.126. The third kappa shape index (κ3) is 6.56. The molecule has 8 heteroatoms. The summed E-state index contributed by atoms with van der Waals surface area (Å²) in [5, 5.41) is 2.98. The van der Waals surface area contributed by atoms with Gasteiger partial charge in [-0.2, -0.15) is 0 Å². The van der Waals surface area contributed by atoms with Crippen LogP contribution in [0.25, 0.3) is 0 Å². The van der Waals surface area contributed by atoms with Crippen molar-refractivity contribution >= 4 is 11.8 Å². The maximum absolute atomic E-state index is 13.1. The molecule has 1 aliphatic rings. The van der Waals surface area contributed by atoms with Crippen molar-refractivity contribution in [2.24, 2.45) is 5.92 Å². The number of aromatic nitrogens is 1. The van der Waals surface area contributed by atoms with Crippen molar-refractivity contribution in [1.82, 2.24) is 15.2 Å². The Morgan fingerprint density at radius 3 is 2.40 bits per heavy atom. The van der Waals surface area contributed by atoms with Gasteiger partial charge in [-0.25, -0.2) is 9.37 Å². The van der Waals surface area contributed by atoms with Gasteiger partial charge in [0.25, 0.3) is 5.91 Å². The summed E-state index contributed by atoms with van der Waals surface area (Å²) in [4.78, 5) is 31.2. The number of carbonyl (C=O) groups is 2. The lowest BCUT2D eigenvalue weighted by Crippen LogP contribution is -2.42. The molecule has 0 atom stereocenters. The Balaban J connectivity index is 1.25. The maximum atomic E-state index is 13.1. The average molecular weight is 478 g/mol. The number of ether oxygens (including phenoxy) is 2. The Kier molecular flexibility index (Phi) is 7.92. The van der Waals surface area contributed by atoms with E-state index in [-0.39, 0.29) is 23.5 Å². The van der Waals surface area contributed by atoms with E-state index in [1.807, 2.05) is 37.3 Å². The molecule has 0 radical (unpaired) electrons. The summed E-state index contributed by atoms with van der Waals surface area (Å²) >= 11 is 0. The van der Waals surface area contributed by atoms with E-state index < -0.39 is 0 Å². The molecule has 0 aliphatic carbocycles. The van der Waals surface area contributed by atoms with Crippen molar-refractivity contribution in [2.45, 2.75) is 26.3 Å². The van der Waals surface area contributed by atoms with Gasteiger partial charge in [-0.05, 0) is 79.9 Å². The quantitative estimate of drug-likeness (QED) is 0.514. The summed E-state index contributed by atoms with van der Waals surface area (Å²) in [6.07, 6.45) is 2.81. The van der Waals surface area contributed by atoms with Gasteiger partial charge in [0.15, 0.2) is 0 Å². The van der Waals surface area contributed by atoms with Gasteiger partial charge in [0.1, 0.15) is 17.3 Å². The van der Waals surface area contributed by atoms with Crippen molar-refractivity contribution < 1.29 is 23.5 Å². The number of halogens is 1. The van der Waals surface area contributed by atoms with Crippen LogP contribution in [0, 0.1) is 11.7 Å². The zero-order valence-electron chi connectivity index (χ0n) is 19.6. The molecular weight excluding hydrogens is 449 g/mol. The zero-order valence-corrected chi connectivity index (χ0v) is 19.6. The molecule has 1 saturated heterocycles. The van der Waals surface area contributed by atoms with Gasteiger partial charge >= 0.3 is 0 Å². The monoisotopic (exact) mass is 477 g/mol. The normalized spacial score (nSPS) is 13.8. The van der Waals surface area contributed by atoms with E-state index in [1.165, 1.54) is 24.3 Å². The van der Waals surface area contributed by atoms with Gasteiger partial charge < -0.3 is 19.7 Å². The minimum atomic E-state index is -0.374. The fraction of sp³-hybridized carbons (Fsp3) is 0.296. The van der Waals surface area contributed by atoms with Gasteiger partial charge in [0.05, 0.1) is 6.61 Å². The lowest BCUT2D eigenvalue weighted by Gasteiger charge is -2.31. The smallest absolute Gasteiger partial charge is 0.253 e. The molecule has 35 heavy (non-hydrogen) atoms. The van der Waals surface area contributed by atoms with Gasteiger partial charge in [-0.1, -0.05) is 0 Å². The van der Waals surface area contributed by atoms with Crippen molar-refractivity contribution in [2.75, 3.05) is 19.7 Å². The van der Waals surface area contributed by atoms with Crippen LogP contribution in [0.1, 0.15) is 35.7 Å². The molecule has 0 spiro atoms. The number of amides is 2. The van der Waals surface area contributed by atoms with E-state index in [0.29, 0.717) is 56.3 Å². The number of hydrogen-bond acceptors (Lipinski definition) is 5. The second kappa shape index (κ2) is 11.5. The third-order valence-electron chi connectivity index (χ3n) is 5.87. The van der Waals surface area contributed by atoms with Crippen LogP contribution in [-0.4, -0.2) is 41.4 Å². The predicted molar refractivity (Wildman–Crippen MR) is 129 cm³/mol. The molecule has 0 unspecified atom stereocenters. The summed E-state index contributed by atoms with van der Waals surface area (Å²) in [5.74, 6) is 1.15. The van der Waals surface area contributed by atoms with Crippen LogP contribution in [0.2, 0.25) is 0 Å². The van der Waals surface area contributed by atoms with Gasteiger partial charge in [-0.15, -0.1) is 0 Å². The molecule has 2 aromatic carbocycles. The number of carbonyl (C=O) groups excluding carboxylic acids is 2. The average Bonchev–Trinajstić information content (AvgIpc) is 2.89. The highest BCUT2D eigenvalue weighted by atomic mass is 19.1. The van der Waals surface area contributed by atoms with E-state index in [9.17, 15) is 14.0 Å². The number of likely N-dealkylation sites (tertiary alicyclic amines) is 1. The van der Waals surface area contributed by atoms with Crippen molar-refractivity contribution in [3.63, 3.8) is 0 Å². The van der Waals surface area contributed by atoms with Crippen molar-refractivity contribution in [1.29, 1.82) is 0 Å². The first-order valence-corrected chi connectivity index (χ1v) is 11.7. The molecule has 0 bridgehead atoms. The molecule has 1 N–H and O–H groups in total. The van der Waals surface area contributed by atoms with Crippen LogP contribution in [0.15, 0.2) is 66.9 Å². The van der Waals surface area contributed by atoms with Gasteiger partial charge in [0, 0.05) is 43.4 Å². The second-order valence-electron chi connectivity index (χ2n) is 8.30. The van der Waals surface area contributed by atoms with Crippen LogP contribution < -0.4 is 14.8 Å². The Labute approximate surface area is 203 Å². The highest BCUT2D eigenvalue weighted by Crippen LogP contribution is 2.23. The largest absolute Gasteiger partial charge is 0.494 e. The predicted octanol–water partition coefficient (Wildman–Crippen LogP) is 4.58. The van der Waals surface area contributed by atoms with E-state index in [4.69, 9.17) is 9.47 Å². The van der Waals surface area contributed by atoms with Gasteiger partial charge in [-0.3, -0.25) is 9.59 Å². The van der Waals surface area contributed by atoms with Crippen molar-refractivity contribution in [3.8, 4) is 17.4 Å². The molecule has 1 aliphatic heterocycles. The fourth-order valence-corrected chi connectivity index (χ4v) is 3.96. The number of piperidine rings is 1. The summed E-state index contributed by atoms with van der Waals surface area (Å²) in [5.41, 5.74) is 1.33. The molecule has 1 fully saturated rings. The lowest BCUT2D eigenvalue weighted by atomic mass is 9.95. The van der Waals surface area contributed by atoms with Crippen LogP contribution in [0.4, 0.5) is 4.39 Å². The van der Waals surface area contributed by atoms with E-state index >= 15 is 0 Å². The molecule has 4 rings (SSSR count). The minimum Gasteiger partial charge on any atom is -0.494 e. The Bertz CT molecular complexity index is 1140. The first-order chi connectivity index (χ1) is 17.0. The fourth-order valence-electron chi connectivity index (χ4n) is 3.96. The number of pyridine rings is 1. The van der Waals surface area contributed by atoms with E-state index in [2.05, 4.69) is 10.3 Å². The minimum absolute atomic E-state index is 0.0373. The van der Waals surface area contributed by atoms with E-state index in [1.54, 1.807) is 17.2 Å². The molecule has 7 nitrogen and oxygen atoms in total. The molecule has 2 amide bonds. The summed E-state index contributed by atoms with van der Waals surface area (Å²) in [6.45, 7) is 3.87. The Morgan fingerprint density at radius 1 is 1.03 bits per heavy atom.